The number of fused-ring (bicyclic) bond motifs is 1. The van der Waals surface area contributed by atoms with E-state index in [9.17, 15) is 9.59 Å². The lowest BCUT2D eigenvalue weighted by molar-refractivity contribution is -0.133. The van der Waals surface area contributed by atoms with Crippen LogP contribution in [0.25, 0.3) is 0 Å². The highest BCUT2D eigenvalue weighted by molar-refractivity contribution is 6.70. The molecular formula is C15H24O3Si. The van der Waals surface area contributed by atoms with E-state index in [-0.39, 0.29) is 11.6 Å². The highest BCUT2D eigenvalue weighted by Gasteiger charge is 2.62. The summed E-state index contributed by atoms with van der Waals surface area (Å²) < 4.78 is 6.47. The Labute approximate surface area is 116 Å². The second kappa shape index (κ2) is 4.38. The maximum absolute atomic E-state index is 12.4. The van der Waals surface area contributed by atoms with Crippen LogP contribution in [0.15, 0.2) is 11.6 Å². The molecule has 0 aromatic carbocycles. The Kier molecular flexibility index (Phi) is 3.38. The summed E-state index contributed by atoms with van der Waals surface area (Å²) in [6.45, 7) is 9.96. The Morgan fingerprint density at radius 2 is 1.95 bits per heavy atom. The summed E-state index contributed by atoms with van der Waals surface area (Å²) in [6, 6.07) is 0. The Morgan fingerprint density at radius 3 is 2.47 bits per heavy atom. The molecular weight excluding hydrogens is 256 g/mol. The molecule has 1 fully saturated rings. The van der Waals surface area contributed by atoms with E-state index in [2.05, 4.69) is 19.6 Å². The number of hydrogen-bond acceptors (Lipinski definition) is 3. The van der Waals surface area contributed by atoms with Gasteiger partial charge in [-0.15, -0.1) is 0 Å². The van der Waals surface area contributed by atoms with E-state index in [4.69, 9.17) is 4.43 Å². The van der Waals surface area contributed by atoms with Gasteiger partial charge in [0.1, 0.15) is 5.78 Å². The second-order valence-electron chi connectivity index (χ2n) is 7.01. The number of rotatable bonds is 3. The van der Waals surface area contributed by atoms with Gasteiger partial charge in [0.15, 0.2) is 14.1 Å². The molecule has 0 amide bonds. The standard InChI is InChI=1S/C15H24O3Si/c1-11(16)12-7-6-9-14(2)13(17)8-10-15(12,14)18-19(3,4)5/h7H,6,8-10H2,1-5H3/t14-,15+/m1/s1. The molecule has 0 aliphatic heterocycles. The van der Waals surface area contributed by atoms with Crippen LogP contribution < -0.4 is 0 Å². The number of allylic oxidation sites excluding steroid dienone is 1. The van der Waals surface area contributed by atoms with Crippen molar-refractivity contribution in [3.05, 3.63) is 11.6 Å². The molecule has 3 nitrogen and oxygen atoms in total. The number of carbonyl (C=O) groups is 2. The first-order chi connectivity index (χ1) is 8.62. The molecule has 2 rings (SSSR count). The third-order valence-corrected chi connectivity index (χ3v) is 5.46. The highest BCUT2D eigenvalue weighted by Crippen LogP contribution is 2.56. The van der Waals surface area contributed by atoms with Crippen LogP contribution in [0.5, 0.6) is 0 Å². The predicted octanol–water partition coefficient (Wildman–Crippen LogP) is 3.26. The first-order valence-electron chi connectivity index (χ1n) is 7.07. The van der Waals surface area contributed by atoms with Gasteiger partial charge in [0, 0.05) is 12.0 Å². The monoisotopic (exact) mass is 280 g/mol. The Hall–Kier alpha value is -0.743. The number of Topliss-reactive ketones (excluding diaryl/α,β-unsaturated/α-hetero) is 2. The van der Waals surface area contributed by atoms with Crippen molar-refractivity contribution in [1.82, 2.24) is 0 Å². The normalized spacial score (nSPS) is 35.0. The quantitative estimate of drug-likeness (QED) is 0.745. The molecule has 0 radical (unpaired) electrons. The van der Waals surface area contributed by atoms with Crippen LogP contribution in [-0.2, 0) is 14.0 Å². The fourth-order valence-electron chi connectivity index (χ4n) is 3.68. The third-order valence-electron chi connectivity index (χ3n) is 4.50. The van der Waals surface area contributed by atoms with Crippen molar-refractivity contribution in [2.75, 3.05) is 0 Å². The molecule has 2 aliphatic carbocycles. The van der Waals surface area contributed by atoms with Crippen molar-refractivity contribution < 1.29 is 14.0 Å². The molecule has 0 N–H and O–H groups in total. The van der Waals surface area contributed by atoms with Crippen molar-refractivity contribution >= 4 is 19.9 Å². The Morgan fingerprint density at radius 1 is 1.32 bits per heavy atom. The first-order valence-corrected chi connectivity index (χ1v) is 10.5. The van der Waals surface area contributed by atoms with E-state index in [1.165, 1.54) is 0 Å². The summed E-state index contributed by atoms with van der Waals surface area (Å²) in [7, 11) is -1.85. The zero-order valence-electron chi connectivity index (χ0n) is 12.6. The van der Waals surface area contributed by atoms with Crippen molar-refractivity contribution in [2.45, 2.75) is 64.8 Å². The molecule has 19 heavy (non-hydrogen) atoms. The lowest BCUT2D eigenvalue weighted by Gasteiger charge is -2.49. The number of carbonyl (C=O) groups excluding carboxylic acids is 2. The molecule has 0 heterocycles. The molecule has 106 valence electrons. The maximum Gasteiger partial charge on any atom is 0.185 e. The van der Waals surface area contributed by atoms with Crippen LogP contribution >= 0.6 is 0 Å². The van der Waals surface area contributed by atoms with Gasteiger partial charge in [0.05, 0.1) is 11.0 Å². The Balaban J connectivity index is 2.57. The van der Waals surface area contributed by atoms with Gasteiger partial charge in [-0.1, -0.05) is 6.08 Å². The molecule has 1 saturated carbocycles. The van der Waals surface area contributed by atoms with Crippen molar-refractivity contribution in [2.24, 2.45) is 5.41 Å². The minimum Gasteiger partial charge on any atom is -0.407 e. The van der Waals surface area contributed by atoms with Crippen molar-refractivity contribution in [3.8, 4) is 0 Å². The zero-order valence-corrected chi connectivity index (χ0v) is 13.6. The molecule has 2 aliphatic rings. The van der Waals surface area contributed by atoms with Gasteiger partial charge < -0.3 is 4.43 Å². The highest BCUT2D eigenvalue weighted by atomic mass is 28.4. The molecule has 0 aromatic rings. The lowest BCUT2D eigenvalue weighted by atomic mass is 9.64. The lowest BCUT2D eigenvalue weighted by Crippen LogP contribution is -2.56. The molecule has 2 atom stereocenters. The van der Waals surface area contributed by atoms with E-state index < -0.39 is 19.3 Å². The minimum atomic E-state index is -1.85. The fraction of sp³-hybridized carbons (Fsp3) is 0.733. The van der Waals surface area contributed by atoms with Crippen LogP contribution in [0, 0.1) is 5.41 Å². The Bertz CT molecular complexity index is 461. The zero-order chi connectivity index (χ0) is 14.5. The molecule has 0 aromatic heterocycles. The van der Waals surface area contributed by atoms with Gasteiger partial charge in [-0.3, -0.25) is 9.59 Å². The molecule has 0 saturated heterocycles. The summed E-state index contributed by atoms with van der Waals surface area (Å²) in [5.74, 6) is 0.316. The third kappa shape index (κ3) is 2.15. The fourth-order valence-corrected chi connectivity index (χ4v) is 5.16. The smallest absolute Gasteiger partial charge is 0.185 e. The second-order valence-corrected chi connectivity index (χ2v) is 11.4. The largest absolute Gasteiger partial charge is 0.407 e. The predicted molar refractivity (Wildman–Crippen MR) is 77.5 cm³/mol. The van der Waals surface area contributed by atoms with Gasteiger partial charge in [0.25, 0.3) is 0 Å². The van der Waals surface area contributed by atoms with E-state index >= 15 is 0 Å². The summed E-state index contributed by atoms with van der Waals surface area (Å²) in [4.78, 5) is 24.4. The van der Waals surface area contributed by atoms with Crippen LogP contribution in [0.4, 0.5) is 0 Å². The summed E-state index contributed by atoms with van der Waals surface area (Å²) in [6.07, 6.45) is 4.80. The SMILES string of the molecule is CC(=O)C1=CCC[C@]2(C)C(=O)CC[C@]12O[Si](C)(C)C. The summed E-state index contributed by atoms with van der Waals surface area (Å²) >= 11 is 0. The summed E-state index contributed by atoms with van der Waals surface area (Å²) in [5.41, 5.74) is -0.420. The maximum atomic E-state index is 12.4. The van der Waals surface area contributed by atoms with Gasteiger partial charge in [-0.2, -0.15) is 0 Å². The van der Waals surface area contributed by atoms with Gasteiger partial charge >= 0.3 is 0 Å². The van der Waals surface area contributed by atoms with Crippen molar-refractivity contribution in [3.63, 3.8) is 0 Å². The number of ketones is 2. The average Bonchev–Trinajstić information content (AvgIpc) is 2.50. The van der Waals surface area contributed by atoms with E-state index in [1.807, 2.05) is 13.0 Å². The topological polar surface area (TPSA) is 43.4 Å². The van der Waals surface area contributed by atoms with E-state index in [0.717, 1.165) is 18.4 Å². The van der Waals surface area contributed by atoms with Gasteiger partial charge in [-0.05, 0) is 52.8 Å². The van der Waals surface area contributed by atoms with E-state index in [1.54, 1.807) is 6.92 Å². The van der Waals surface area contributed by atoms with Crippen LogP contribution in [0.1, 0.15) is 39.5 Å². The average molecular weight is 280 g/mol. The van der Waals surface area contributed by atoms with Crippen LogP contribution in [0.3, 0.4) is 0 Å². The molecule has 0 unspecified atom stereocenters. The van der Waals surface area contributed by atoms with Crippen LogP contribution in [0.2, 0.25) is 19.6 Å². The molecule has 4 heteroatoms. The van der Waals surface area contributed by atoms with Crippen molar-refractivity contribution in [1.29, 1.82) is 0 Å². The first kappa shape index (κ1) is 14.7. The van der Waals surface area contributed by atoms with Gasteiger partial charge in [0.2, 0.25) is 0 Å². The molecule has 0 bridgehead atoms. The van der Waals surface area contributed by atoms with E-state index in [0.29, 0.717) is 12.8 Å². The number of hydrogen-bond donors (Lipinski definition) is 0. The summed E-state index contributed by atoms with van der Waals surface area (Å²) in [5, 5.41) is 0. The van der Waals surface area contributed by atoms with Gasteiger partial charge in [-0.25, -0.2) is 0 Å². The minimum absolute atomic E-state index is 0.0545. The van der Waals surface area contributed by atoms with Crippen LogP contribution in [-0.4, -0.2) is 25.5 Å². The molecule has 0 spiro atoms.